The molecule has 1 aromatic rings. The lowest BCUT2D eigenvalue weighted by Crippen LogP contribution is -2.39. The first-order valence-electron chi connectivity index (χ1n) is 6.16. The summed E-state index contributed by atoms with van der Waals surface area (Å²) in [6, 6.07) is 7.33. The van der Waals surface area contributed by atoms with Crippen LogP contribution in [0.1, 0.15) is 30.6 Å². The first kappa shape index (κ1) is 11.7. The lowest BCUT2D eigenvalue weighted by molar-refractivity contribution is -0.149. The van der Waals surface area contributed by atoms with Crippen LogP contribution in [0.3, 0.4) is 0 Å². The maximum absolute atomic E-state index is 12.0. The fourth-order valence-electron chi connectivity index (χ4n) is 2.40. The van der Waals surface area contributed by atoms with Gasteiger partial charge in [-0.3, -0.25) is 4.79 Å². The summed E-state index contributed by atoms with van der Waals surface area (Å²) >= 11 is 0. The second kappa shape index (κ2) is 4.07. The summed E-state index contributed by atoms with van der Waals surface area (Å²) in [6.07, 6.45) is -0.0901. The van der Waals surface area contributed by atoms with Crippen LogP contribution in [-0.4, -0.2) is 30.4 Å². The second-order valence-electron chi connectivity index (χ2n) is 5.15. The minimum atomic E-state index is -0.589. The predicted molar refractivity (Wildman–Crippen MR) is 64.7 cm³/mol. The van der Waals surface area contributed by atoms with Gasteiger partial charge in [0.1, 0.15) is 18.0 Å². The van der Waals surface area contributed by atoms with Crippen molar-refractivity contribution < 1.29 is 19.0 Å². The van der Waals surface area contributed by atoms with Crippen molar-refractivity contribution in [3.8, 4) is 5.75 Å². The molecule has 96 valence electrons. The van der Waals surface area contributed by atoms with Crippen molar-refractivity contribution in [1.29, 1.82) is 0 Å². The van der Waals surface area contributed by atoms with E-state index in [1.807, 2.05) is 32.0 Å². The lowest BCUT2D eigenvalue weighted by atomic mass is 9.98. The van der Waals surface area contributed by atoms with Crippen LogP contribution in [0, 0.1) is 0 Å². The third-order valence-corrected chi connectivity index (χ3v) is 3.30. The molecule has 2 unspecified atom stereocenters. The van der Waals surface area contributed by atoms with Gasteiger partial charge in [0, 0.05) is 0 Å². The van der Waals surface area contributed by atoms with Gasteiger partial charge in [0.2, 0.25) is 0 Å². The highest BCUT2D eigenvalue weighted by atomic mass is 16.7. The van der Waals surface area contributed by atoms with Crippen LogP contribution in [0.5, 0.6) is 5.75 Å². The summed E-state index contributed by atoms with van der Waals surface area (Å²) in [5.74, 6) is 0.163. The average molecular weight is 248 g/mol. The van der Waals surface area contributed by atoms with Crippen LogP contribution < -0.4 is 4.74 Å². The zero-order valence-electron chi connectivity index (χ0n) is 10.5. The molecule has 4 heteroatoms. The van der Waals surface area contributed by atoms with E-state index in [0.29, 0.717) is 24.3 Å². The number of para-hydroxylation sites is 1. The Morgan fingerprint density at radius 1 is 1.22 bits per heavy atom. The largest absolute Gasteiger partial charge is 0.486 e. The number of ketones is 1. The Bertz CT molecular complexity index is 480. The van der Waals surface area contributed by atoms with Crippen molar-refractivity contribution in [1.82, 2.24) is 0 Å². The molecule has 4 nitrogen and oxygen atoms in total. The van der Waals surface area contributed by atoms with Crippen LogP contribution in [0.15, 0.2) is 24.3 Å². The van der Waals surface area contributed by atoms with Crippen molar-refractivity contribution in [2.24, 2.45) is 0 Å². The minimum Gasteiger partial charge on any atom is -0.486 e. The fourth-order valence-corrected chi connectivity index (χ4v) is 2.40. The van der Waals surface area contributed by atoms with Gasteiger partial charge in [-0.05, 0) is 26.0 Å². The molecule has 0 bridgehead atoms. The predicted octanol–water partition coefficient (Wildman–Crippen LogP) is 2.17. The Balaban J connectivity index is 1.80. The van der Waals surface area contributed by atoms with Gasteiger partial charge in [0.15, 0.2) is 11.6 Å². The third-order valence-electron chi connectivity index (χ3n) is 3.30. The van der Waals surface area contributed by atoms with E-state index in [1.165, 1.54) is 0 Å². The van der Waals surface area contributed by atoms with E-state index >= 15 is 0 Å². The molecule has 18 heavy (non-hydrogen) atoms. The Morgan fingerprint density at radius 2 is 2.00 bits per heavy atom. The van der Waals surface area contributed by atoms with Gasteiger partial charge in [-0.25, -0.2) is 0 Å². The molecule has 1 saturated heterocycles. The van der Waals surface area contributed by atoms with Gasteiger partial charge in [-0.2, -0.15) is 0 Å². The second-order valence-corrected chi connectivity index (χ2v) is 5.15. The first-order valence-corrected chi connectivity index (χ1v) is 6.16. The molecule has 0 saturated carbocycles. The molecule has 0 amide bonds. The molecule has 1 aromatic carbocycles. The zero-order valence-corrected chi connectivity index (χ0v) is 10.5. The summed E-state index contributed by atoms with van der Waals surface area (Å²) in [5, 5.41) is 0. The monoisotopic (exact) mass is 248 g/mol. The standard InChI is InChI=1S/C14H16O4/c1-14(2)16-8-13(18-14)12-7-10(15)9-5-3-4-6-11(9)17-12/h3-6,12-13H,7-8H2,1-2H3. The fraction of sp³-hybridized carbons (Fsp3) is 0.500. The average Bonchev–Trinajstić information content (AvgIpc) is 2.70. The first-order chi connectivity index (χ1) is 8.55. The number of hydrogen-bond acceptors (Lipinski definition) is 4. The van der Waals surface area contributed by atoms with Crippen LogP contribution >= 0.6 is 0 Å². The molecule has 3 rings (SSSR count). The molecule has 2 aliphatic heterocycles. The molecule has 0 N–H and O–H groups in total. The van der Waals surface area contributed by atoms with Gasteiger partial charge < -0.3 is 14.2 Å². The Kier molecular flexibility index (Phi) is 2.64. The maximum Gasteiger partial charge on any atom is 0.170 e. The zero-order chi connectivity index (χ0) is 12.8. The highest BCUT2D eigenvalue weighted by Gasteiger charge is 2.41. The van der Waals surface area contributed by atoms with Crippen LogP contribution in [0.4, 0.5) is 0 Å². The highest BCUT2D eigenvalue weighted by molar-refractivity contribution is 5.99. The number of hydrogen-bond donors (Lipinski definition) is 0. The van der Waals surface area contributed by atoms with Gasteiger partial charge in [0.05, 0.1) is 18.6 Å². The Hall–Kier alpha value is -1.39. The van der Waals surface area contributed by atoms with Crippen molar-refractivity contribution >= 4 is 5.78 Å². The number of rotatable bonds is 1. The summed E-state index contributed by atoms with van der Waals surface area (Å²) in [7, 11) is 0. The Morgan fingerprint density at radius 3 is 2.72 bits per heavy atom. The van der Waals surface area contributed by atoms with Crippen LogP contribution in [0.2, 0.25) is 0 Å². The normalized spacial score (nSPS) is 29.8. The van der Waals surface area contributed by atoms with E-state index < -0.39 is 5.79 Å². The highest BCUT2D eigenvalue weighted by Crippen LogP contribution is 2.33. The van der Waals surface area contributed by atoms with Crippen molar-refractivity contribution in [3.63, 3.8) is 0 Å². The summed E-state index contributed by atoms with van der Waals surface area (Å²) in [5.41, 5.74) is 0.659. The summed E-state index contributed by atoms with van der Waals surface area (Å²) in [6.45, 7) is 4.20. The Labute approximate surface area is 106 Å². The summed E-state index contributed by atoms with van der Waals surface area (Å²) in [4.78, 5) is 12.0. The van der Waals surface area contributed by atoms with E-state index in [9.17, 15) is 4.79 Å². The van der Waals surface area contributed by atoms with Gasteiger partial charge in [-0.1, -0.05) is 12.1 Å². The number of benzene rings is 1. The molecule has 0 aromatic heterocycles. The van der Waals surface area contributed by atoms with Gasteiger partial charge in [-0.15, -0.1) is 0 Å². The van der Waals surface area contributed by atoms with Crippen LogP contribution in [0.25, 0.3) is 0 Å². The number of ether oxygens (including phenoxy) is 3. The molecule has 2 aliphatic rings. The van der Waals surface area contributed by atoms with Crippen molar-refractivity contribution in [3.05, 3.63) is 29.8 Å². The smallest absolute Gasteiger partial charge is 0.170 e. The minimum absolute atomic E-state index is 0.107. The lowest BCUT2D eigenvalue weighted by Gasteiger charge is -2.29. The van der Waals surface area contributed by atoms with E-state index in [-0.39, 0.29) is 18.0 Å². The SMILES string of the molecule is CC1(C)OCC(C2CC(=O)c3ccccc3O2)O1. The van der Waals surface area contributed by atoms with E-state index in [2.05, 4.69) is 0 Å². The number of Topliss-reactive ketones (excluding diaryl/α,β-unsaturated/α-hetero) is 1. The molecule has 1 fully saturated rings. The summed E-state index contributed by atoms with van der Waals surface area (Å²) < 4.78 is 17.1. The number of fused-ring (bicyclic) bond motifs is 1. The van der Waals surface area contributed by atoms with Crippen LogP contribution in [-0.2, 0) is 9.47 Å². The molecule has 0 spiro atoms. The van der Waals surface area contributed by atoms with E-state index in [1.54, 1.807) is 6.07 Å². The van der Waals surface area contributed by atoms with Gasteiger partial charge >= 0.3 is 0 Å². The van der Waals surface area contributed by atoms with Crippen molar-refractivity contribution in [2.45, 2.75) is 38.3 Å². The molecule has 2 heterocycles. The van der Waals surface area contributed by atoms with Crippen molar-refractivity contribution in [2.75, 3.05) is 6.61 Å². The maximum atomic E-state index is 12.0. The number of carbonyl (C=O) groups excluding carboxylic acids is 1. The van der Waals surface area contributed by atoms with E-state index in [0.717, 1.165) is 0 Å². The van der Waals surface area contributed by atoms with Gasteiger partial charge in [0.25, 0.3) is 0 Å². The quantitative estimate of drug-likeness (QED) is 0.764. The molecule has 2 atom stereocenters. The van der Waals surface area contributed by atoms with E-state index in [4.69, 9.17) is 14.2 Å². The topological polar surface area (TPSA) is 44.8 Å². The molecule has 0 aliphatic carbocycles. The number of carbonyl (C=O) groups is 1. The molecular formula is C14H16O4. The molecule has 0 radical (unpaired) electrons. The third kappa shape index (κ3) is 2.02. The molecular weight excluding hydrogens is 232 g/mol.